The molecule has 1 fully saturated rings. The first-order valence-electron chi connectivity index (χ1n) is 7.56. The molecule has 2 nitrogen and oxygen atoms in total. The van der Waals surface area contributed by atoms with E-state index < -0.39 is 0 Å². The molecule has 0 spiro atoms. The van der Waals surface area contributed by atoms with Crippen molar-refractivity contribution in [3.05, 3.63) is 0 Å². The van der Waals surface area contributed by atoms with Gasteiger partial charge in [-0.2, -0.15) is 11.8 Å². The van der Waals surface area contributed by atoms with Crippen LogP contribution in [0.3, 0.4) is 0 Å². The van der Waals surface area contributed by atoms with Crippen LogP contribution in [0.15, 0.2) is 0 Å². The quantitative estimate of drug-likeness (QED) is 0.731. The minimum Gasteiger partial charge on any atom is -0.316 e. The van der Waals surface area contributed by atoms with Crippen molar-refractivity contribution in [3.63, 3.8) is 0 Å². The van der Waals surface area contributed by atoms with E-state index in [1.807, 2.05) is 0 Å². The molecule has 1 aliphatic rings. The zero-order valence-electron chi connectivity index (χ0n) is 12.8. The fourth-order valence-electron chi connectivity index (χ4n) is 2.79. The van der Waals surface area contributed by atoms with Crippen LogP contribution in [-0.2, 0) is 0 Å². The summed E-state index contributed by atoms with van der Waals surface area (Å²) < 4.78 is 0. The molecule has 3 heteroatoms. The number of nitrogens with one attached hydrogen (secondary N) is 1. The number of hydrogen-bond acceptors (Lipinski definition) is 3. The van der Waals surface area contributed by atoms with E-state index in [9.17, 15) is 0 Å². The van der Waals surface area contributed by atoms with E-state index in [0.29, 0.717) is 5.41 Å². The first-order chi connectivity index (χ1) is 8.56. The summed E-state index contributed by atoms with van der Waals surface area (Å²) in [5.41, 5.74) is 0.450. The van der Waals surface area contributed by atoms with Gasteiger partial charge in [0.15, 0.2) is 0 Å². The monoisotopic (exact) mass is 272 g/mol. The number of rotatable bonds is 8. The van der Waals surface area contributed by atoms with Gasteiger partial charge in [-0.25, -0.2) is 0 Å². The van der Waals surface area contributed by atoms with Gasteiger partial charge in [0.2, 0.25) is 0 Å². The standard InChI is InChI=1S/C15H32N2S/c1-5-6-15(4,12-16-11-14(2)3)13-17-7-9-18-10-8-17/h14,16H,5-13H2,1-4H3. The predicted octanol–water partition coefficient (Wildman–Crippen LogP) is 3.09. The smallest absolute Gasteiger partial charge is 0.00729 e. The number of thioether (sulfide) groups is 1. The van der Waals surface area contributed by atoms with Crippen LogP contribution in [0.25, 0.3) is 0 Å². The van der Waals surface area contributed by atoms with Crippen LogP contribution in [-0.4, -0.2) is 49.1 Å². The van der Waals surface area contributed by atoms with Crippen molar-refractivity contribution in [3.8, 4) is 0 Å². The highest BCUT2D eigenvalue weighted by atomic mass is 32.2. The lowest BCUT2D eigenvalue weighted by molar-refractivity contribution is 0.158. The second-order valence-corrected chi connectivity index (χ2v) is 7.70. The zero-order chi connectivity index (χ0) is 13.4. The molecule has 0 aromatic rings. The minimum absolute atomic E-state index is 0.450. The summed E-state index contributed by atoms with van der Waals surface area (Å²) in [6.45, 7) is 15.5. The van der Waals surface area contributed by atoms with Gasteiger partial charge in [0.05, 0.1) is 0 Å². The maximum absolute atomic E-state index is 3.67. The molecule has 1 saturated heterocycles. The van der Waals surface area contributed by atoms with E-state index in [-0.39, 0.29) is 0 Å². The highest BCUT2D eigenvalue weighted by Crippen LogP contribution is 2.25. The molecule has 108 valence electrons. The summed E-state index contributed by atoms with van der Waals surface area (Å²) in [6, 6.07) is 0. The maximum atomic E-state index is 3.67. The topological polar surface area (TPSA) is 15.3 Å². The number of nitrogens with zero attached hydrogens (tertiary/aromatic N) is 1. The Kier molecular flexibility index (Phi) is 7.66. The Hall–Kier alpha value is 0.270. The molecule has 0 aliphatic carbocycles. The molecule has 0 aromatic heterocycles. The van der Waals surface area contributed by atoms with E-state index in [1.54, 1.807) is 0 Å². The molecule has 1 rings (SSSR count). The highest BCUT2D eigenvalue weighted by molar-refractivity contribution is 7.99. The van der Waals surface area contributed by atoms with Gasteiger partial charge in [-0.3, -0.25) is 0 Å². The molecule has 0 radical (unpaired) electrons. The van der Waals surface area contributed by atoms with E-state index in [1.165, 1.54) is 50.5 Å². The Bertz CT molecular complexity index is 215. The Morgan fingerprint density at radius 3 is 2.50 bits per heavy atom. The fraction of sp³-hybridized carbons (Fsp3) is 1.00. The molecule has 1 aliphatic heterocycles. The molecular weight excluding hydrogens is 240 g/mol. The van der Waals surface area contributed by atoms with Crippen molar-refractivity contribution in [2.24, 2.45) is 11.3 Å². The fourth-order valence-corrected chi connectivity index (χ4v) is 3.77. The summed E-state index contributed by atoms with van der Waals surface area (Å²) in [5.74, 6) is 3.39. The zero-order valence-corrected chi connectivity index (χ0v) is 13.6. The third-order valence-corrected chi connectivity index (χ3v) is 4.61. The van der Waals surface area contributed by atoms with Gasteiger partial charge in [0.25, 0.3) is 0 Å². The van der Waals surface area contributed by atoms with E-state index >= 15 is 0 Å². The van der Waals surface area contributed by atoms with Gasteiger partial charge < -0.3 is 10.2 Å². The molecule has 1 atom stereocenters. The molecule has 1 heterocycles. The van der Waals surface area contributed by atoms with E-state index in [4.69, 9.17) is 0 Å². The first kappa shape index (κ1) is 16.3. The summed E-state index contributed by atoms with van der Waals surface area (Å²) >= 11 is 2.10. The Labute approximate surface area is 118 Å². The third kappa shape index (κ3) is 6.44. The summed E-state index contributed by atoms with van der Waals surface area (Å²) in [7, 11) is 0. The lowest BCUT2D eigenvalue weighted by Crippen LogP contribution is -2.45. The molecule has 1 N–H and O–H groups in total. The van der Waals surface area contributed by atoms with Gasteiger partial charge in [-0.05, 0) is 24.3 Å². The average Bonchev–Trinajstić information content (AvgIpc) is 2.29. The van der Waals surface area contributed by atoms with Gasteiger partial charge in [-0.1, -0.05) is 34.1 Å². The van der Waals surface area contributed by atoms with Gasteiger partial charge >= 0.3 is 0 Å². The van der Waals surface area contributed by atoms with Crippen LogP contribution in [0.2, 0.25) is 0 Å². The van der Waals surface area contributed by atoms with Crippen molar-refractivity contribution in [1.29, 1.82) is 0 Å². The van der Waals surface area contributed by atoms with Crippen LogP contribution in [0.4, 0.5) is 0 Å². The second-order valence-electron chi connectivity index (χ2n) is 6.47. The molecule has 0 aromatic carbocycles. The van der Waals surface area contributed by atoms with Gasteiger partial charge in [-0.15, -0.1) is 0 Å². The Morgan fingerprint density at radius 2 is 1.94 bits per heavy atom. The SMILES string of the molecule is CCCC(C)(CNCC(C)C)CN1CCSCC1. The van der Waals surface area contributed by atoms with E-state index in [2.05, 4.69) is 49.7 Å². The number of hydrogen-bond donors (Lipinski definition) is 1. The predicted molar refractivity (Wildman–Crippen MR) is 84.5 cm³/mol. The maximum Gasteiger partial charge on any atom is 0.00729 e. The summed E-state index contributed by atoms with van der Waals surface area (Å²) in [5, 5.41) is 3.67. The molecule has 1 unspecified atom stereocenters. The minimum atomic E-state index is 0.450. The molecule has 0 saturated carbocycles. The third-order valence-electron chi connectivity index (χ3n) is 3.67. The molecule has 18 heavy (non-hydrogen) atoms. The van der Waals surface area contributed by atoms with Crippen molar-refractivity contribution in [2.45, 2.75) is 40.5 Å². The van der Waals surface area contributed by atoms with Crippen LogP contribution in [0.1, 0.15) is 40.5 Å². The Morgan fingerprint density at radius 1 is 1.28 bits per heavy atom. The van der Waals surface area contributed by atoms with Gasteiger partial charge in [0, 0.05) is 37.7 Å². The van der Waals surface area contributed by atoms with Gasteiger partial charge in [0.1, 0.15) is 0 Å². The summed E-state index contributed by atoms with van der Waals surface area (Å²) in [4.78, 5) is 2.67. The largest absolute Gasteiger partial charge is 0.316 e. The summed E-state index contributed by atoms with van der Waals surface area (Å²) in [6.07, 6.45) is 2.63. The van der Waals surface area contributed by atoms with Crippen LogP contribution < -0.4 is 5.32 Å². The average molecular weight is 273 g/mol. The van der Waals surface area contributed by atoms with Crippen LogP contribution >= 0.6 is 11.8 Å². The van der Waals surface area contributed by atoms with Crippen molar-refractivity contribution < 1.29 is 0 Å². The van der Waals surface area contributed by atoms with E-state index in [0.717, 1.165) is 12.5 Å². The van der Waals surface area contributed by atoms with Crippen LogP contribution in [0, 0.1) is 11.3 Å². The lowest BCUT2D eigenvalue weighted by Gasteiger charge is -2.37. The molecule has 0 bridgehead atoms. The second kappa shape index (κ2) is 8.44. The molecule has 0 amide bonds. The van der Waals surface area contributed by atoms with Crippen molar-refractivity contribution in [1.82, 2.24) is 10.2 Å². The molecular formula is C15H32N2S. The van der Waals surface area contributed by atoms with Crippen molar-refractivity contribution in [2.75, 3.05) is 44.2 Å². The normalized spacial score (nSPS) is 21.2. The Balaban J connectivity index is 2.39. The lowest BCUT2D eigenvalue weighted by atomic mass is 9.84. The van der Waals surface area contributed by atoms with Crippen LogP contribution in [0.5, 0.6) is 0 Å². The van der Waals surface area contributed by atoms with Crippen molar-refractivity contribution >= 4 is 11.8 Å². The highest BCUT2D eigenvalue weighted by Gasteiger charge is 2.26. The first-order valence-corrected chi connectivity index (χ1v) is 8.72.